The van der Waals surface area contributed by atoms with E-state index in [2.05, 4.69) is 43.1 Å². The molecule has 0 atom stereocenters. The number of ether oxygens (including phenoxy) is 2. The molecule has 2 N–H and O–H groups in total. The zero-order valence-electron chi connectivity index (χ0n) is 16.9. The highest BCUT2D eigenvalue weighted by Gasteiger charge is 2.09. The van der Waals surface area contributed by atoms with Gasteiger partial charge in [-0.3, -0.25) is 0 Å². The highest BCUT2D eigenvalue weighted by molar-refractivity contribution is 7.09. The molecule has 154 valence electrons. The molecular weight excluding hydrogens is 398 g/mol. The van der Waals surface area contributed by atoms with Crippen molar-refractivity contribution < 1.29 is 9.47 Å². The molecule has 0 fully saturated rings. The monoisotopic (exact) mass is 421 g/mol. The first-order chi connectivity index (χ1) is 14.7. The van der Waals surface area contributed by atoms with Crippen molar-refractivity contribution >= 4 is 34.1 Å². The van der Waals surface area contributed by atoms with Gasteiger partial charge in [-0.15, -0.1) is 11.3 Å². The van der Waals surface area contributed by atoms with Crippen molar-refractivity contribution in [1.29, 1.82) is 0 Å². The minimum atomic E-state index is 0.559. The molecule has 30 heavy (non-hydrogen) atoms. The molecule has 1 aromatic carbocycles. The molecule has 4 aromatic rings. The van der Waals surface area contributed by atoms with E-state index in [9.17, 15) is 0 Å². The molecule has 0 aliphatic rings. The number of anilines is 2. The van der Waals surface area contributed by atoms with Gasteiger partial charge in [-0.05, 0) is 47.7 Å². The lowest BCUT2D eigenvalue weighted by Gasteiger charge is -2.13. The molecule has 0 radical (unpaired) electrons. The second kappa shape index (κ2) is 9.41. The first kappa shape index (κ1) is 19.9. The Morgan fingerprint density at radius 3 is 2.53 bits per heavy atom. The minimum absolute atomic E-state index is 0.559. The van der Waals surface area contributed by atoms with Gasteiger partial charge >= 0.3 is 0 Å². The second-order valence-corrected chi connectivity index (χ2v) is 7.63. The van der Waals surface area contributed by atoms with Gasteiger partial charge in [0.2, 0.25) is 5.95 Å². The summed E-state index contributed by atoms with van der Waals surface area (Å²) in [6, 6.07) is 13.8. The zero-order valence-corrected chi connectivity index (χ0v) is 17.7. The van der Waals surface area contributed by atoms with E-state index in [0.29, 0.717) is 18.1 Å². The fourth-order valence-electron chi connectivity index (χ4n) is 3.08. The van der Waals surface area contributed by atoms with Crippen LogP contribution in [-0.2, 0) is 13.0 Å². The van der Waals surface area contributed by atoms with Crippen LogP contribution in [0.2, 0.25) is 0 Å². The van der Waals surface area contributed by atoms with Crippen LogP contribution < -0.4 is 20.1 Å². The Morgan fingerprint density at radius 1 is 0.967 bits per heavy atom. The van der Waals surface area contributed by atoms with Crippen molar-refractivity contribution in [2.45, 2.75) is 13.0 Å². The molecule has 0 spiro atoms. The lowest BCUT2D eigenvalue weighted by Crippen LogP contribution is -2.10. The molecular formula is C22H23N5O2S. The van der Waals surface area contributed by atoms with Gasteiger partial charge in [-0.2, -0.15) is 9.97 Å². The molecule has 0 aliphatic carbocycles. The largest absolute Gasteiger partial charge is 0.497 e. The summed E-state index contributed by atoms with van der Waals surface area (Å²) in [5.74, 6) is 2.78. The van der Waals surface area contributed by atoms with E-state index in [0.717, 1.165) is 41.2 Å². The van der Waals surface area contributed by atoms with Crippen LogP contribution in [0.4, 0.5) is 11.8 Å². The van der Waals surface area contributed by atoms with E-state index in [1.54, 1.807) is 31.8 Å². The fourth-order valence-corrected chi connectivity index (χ4v) is 3.79. The minimum Gasteiger partial charge on any atom is -0.497 e. The molecule has 0 unspecified atom stereocenters. The van der Waals surface area contributed by atoms with Crippen LogP contribution in [0, 0.1) is 0 Å². The van der Waals surface area contributed by atoms with Crippen molar-refractivity contribution in [2.24, 2.45) is 0 Å². The van der Waals surface area contributed by atoms with E-state index >= 15 is 0 Å². The number of hydrogen-bond donors (Lipinski definition) is 2. The predicted molar refractivity (Wildman–Crippen MR) is 121 cm³/mol. The maximum atomic E-state index is 5.36. The van der Waals surface area contributed by atoms with Gasteiger partial charge in [-0.25, -0.2) is 4.98 Å². The van der Waals surface area contributed by atoms with Crippen molar-refractivity contribution in [3.05, 3.63) is 64.5 Å². The van der Waals surface area contributed by atoms with Gasteiger partial charge in [0.15, 0.2) is 5.65 Å². The number of fused-ring (bicyclic) bond motifs is 1. The van der Waals surface area contributed by atoms with Crippen LogP contribution in [0.1, 0.15) is 10.4 Å². The Labute approximate surface area is 179 Å². The van der Waals surface area contributed by atoms with E-state index in [-0.39, 0.29) is 0 Å². The number of hydrogen-bond acceptors (Lipinski definition) is 8. The molecule has 4 rings (SSSR count). The average molecular weight is 422 g/mol. The van der Waals surface area contributed by atoms with Crippen LogP contribution in [0.5, 0.6) is 11.5 Å². The van der Waals surface area contributed by atoms with Crippen molar-refractivity contribution in [1.82, 2.24) is 15.0 Å². The Balaban J connectivity index is 1.53. The molecule has 0 aliphatic heterocycles. The number of pyridine rings is 1. The van der Waals surface area contributed by atoms with Gasteiger partial charge in [0, 0.05) is 30.2 Å². The summed E-state index contributed by atoms with van der Waals surface area (Å²) < 4.78 is 10.7. The molecule has 3 aromatic heterocycles. The molecule has 7 nitrogen and oxygen atoms in total. The van der Waals surface area contributed by atoms with Gasteiger partial charge in [0.25, 0.3) is 0 Å². The number of methoxy groups -OCH3 is 2. The highest BCUT2D eigenvalue weighted by atomic mass is 32.1. The number of rotatable bonds is 9. The van der Waals surface area contributed by atoms with E-state index in [4.69, 9.17) is 9.47 Å². The summed E-state index contributed by atoms with van der Waals surface area (Å²) in [6.07, 6.45) is 2.66. The van der Waals surface area contributed by atoms with Crippen LogP contribution >= 0.6 is 11.3 Å². The lowest BCUT2D eigenvalue weighted by atomic mass is 10.2. The van der Waals surface area contributed by atoms with Crippen molar-refractivity contribution in [3.63, 3.8) is 0 Å². The van der Waals surface area contributed by atoms with Gasteiger partial charge in [-0.1, -0.05) is 6.07 Å². The number of benzene rings is 1. The van der Waals surface area contributed by atoms with Gasteiger partial charge in [0.1, 0.15) is 17.3 Å². The number of nitrogens with zero attached hydrogens (tertiary/aromatic N) is 3. The molecule has 0 bridgehead atoms. The maximum Gasteiger partial charge on any atom is 0.226 e. The Hall–Kier alpha value is -3.39. The van der Waals surface area contributed by atoms with Gasteiger partial charge in [0.05, 0.1) is 19.6 Å². The first-order valence-electron chi connectivity index (χ1n) is 9.60. The second-order valence-electron chi connectivity index (χ2n) is 6.60. The Bertz CT molecular complexity index is 1100. The third kappa shape index (κ3) is 4.77. The first-order valence-corrected chi connectivity index (χ1v) is 10.5. The van der Waals surface area contributed by atoms with Crippen molar-refractivity contribution in [3.8, 4) is 11.5 Å². The van der Waals surface area contributed by atoms with E-state index in [1.165, 1.54) is 4.88 Å². The molecule has 0 saturated carbocycles. The average Bonchev–Trinajstić information content (AvgIpc) is 3.30. The smallest absolute Gasteiger partial charge is 0.226 e. The third-order valence-electron chi connectivity index (χ3n) is 4.58. The summed E-state index contributed by atoms with van der Waals surface area (Å²) in [6.45, 7) is 1.31. The van der Waals surface area contributed by atoms with E-state index < -0.39 is 0 Å². The third-order valence-corrected chi connectivity index (χ3v) is 5.51. The fraction of sp³-hybridized carbons (Fsp3) is 0.227. The topological polar surface area (TPSA) is 81.2 Å². The van der Waals surface area contributed by atoms with Crippen molar-refractivity contribution in [2.75, 3.05) is 31.4 Å². The molecule has 8 heteroatoms. The SMILES string of the molecule is COc1cc(CNc2nc(NCCc3cccs3)nc3ncccc23)cc(OC)c1. The lowest BCUT2D eigenvalue weighted by molar-refractivity contribution is 0.393. The number of aromatic nitrogens is 3. The maximum absolute atomic E-state index is 5.36. The van der Waals surface area contributed by atoms with Crippen LogP contribution in [0.15, 0.2) is 54.0 Å². The number of thiophene rings is 1. The summed E-state index contributed by atoms with van der Waals surface area (Å²) >= 11 is 1.75. The molecule has 0 saturated heterocycles. The Kier molecular flexibility index (Phi) is 6.24. The summed E-state index contributed by atoms with van der Waals surface area (Å²) in [5, 5.41) is 9.68. The highest BCUT2D eigenvalue weighted by Crippen LogP contribution is 2.25. The van der Waals surface area contributed by atoms with Crippen LogP contribution in [-0.4, -0.2) is 35.7 Å². The van der Waals surface area contributed by atoms with Crippen LogP contribution in [0.25, 0.3) is 11.0 Å². The number of nitrogens with one attached hydrogen (secondary N) is 2. The zero-order chi connectivity index (χ0) is 20.8. The standard InChI is InChI=1S/C22H23N5O2S/c1-28-16-11-15(12-17(13-16)29-2)14-25-21-19-6-3-8-23-20(19)26-22(27-21)24-9-7-18-5-4-10-30-18/h3-6,8,10-13H,7,9,14H2,1-2H3,(H2,23,24,25,26,27). The summed E-state index contributed by atoms with van der Waals surface area (Å²) in [5.41, 5.74) is 1.67. The van der Waals surface area contributed by atoms with E-state index in [1.807, 2.05) is 30.3 Å². The quantitative estimate of drug-likeness (QED) is 0.415. The van der Waals surface area contributed by atoms with Crippen LogP contribution in [0.3, 0.4) is 0 Å². The summed E-state index contributed by atoms with van der Waals surface area (Å²) in [7, 11) is 3.29. The predicted octanol–water partition coefficient (Wildman–Crippen LogP) is 4.37. The summed E-state index contributed by atoms with van der Waals surface area (Å²) in [4.78, 5) is 15.0. The molecule has 0 amide bonds. The molecule has 3 heterocycles. The Morgan fingerprint density at radius 2 is 1.80 bits per heavy atom. The normalized spacial score (nSPS) is 10.7. The van der Waals surface area contributed by atoms with Gasteiger partial charge < -0.3 is 20.1 Å².